The van der Waals surface area contributed by atoms with Crippen molar-refractivity contribution in [1.29, 1.82) is 5.26 Å². The van der Waals surface area contributed by atoms with E-state index in [4.69, 9.17) is 15.4 Å². The Morgan fingerprint density at radius 1 is 1.18 bits per heavy atom. The van der Waals surface area contributed by atoms with E-state index in [2.05, 4.69) is 13.0 Å². The lowest BCUT2D eigenvalue weighted by Crippen LogP contribution is -1.88. The van der Waals surface area contributed by atoms with Gasteiger partial charge in [0.05, 0.1) is 0 Å². The van der Waals surface area contributed by atoms with Crippen molar-refractivity contribution >= 4 is 5.88 Å². The van der Waals surface area contributed by atoms with Crippen LogP contribution in [0, 0.1) is 32.1 Å². The van der Waals surface area contributed by atoms with Crippen molar-refractivity contribution in [2.24, 2.45) is 0 Å². The molecule has 3 nitrogen and oxygen atoms in total. The zero-order valence-corrected chi connectivity index (χ0v) is 10.2. The van der Waals surface area contributed by atoms with Crippen LogP contribution in [0.2, 0.25) is 0 Å². The quantitative estimate of drug-likeness (QED) is 0.811. The highest BCUT2D eigenvalue weighted by molar-refractivity contribution is 5.77. The molecule has 1 aromatic carbocycles. The predicted octanol–water partition coefficient (Wildman–Crippen LogP) is 3.33. The van der Waals surface area contributed by atoms with Crippen LogP contribution in [0.3, 0.4) is 0 Å². The lowest BCUT2D eigenvalue weighted by molar-refractivity contribution is 0.554. The van der Waals surface area contributed by atoms with Gasteiger partial charge in [-0.2, -0.15) is 5.26 Å². The Morgan fingerprint density at radius 3 is 2.47 bits per heavy atom. The molecule has 1 heterocycles. The Morgan fingerprint density at radius 2 is 1.88 bits per heavy atom. The van der Waals surface area contributed by atoms with Crippen LogP contribution >= 0.6 is 0 Å². The van der Waals surface area contributed by atoms with Gasteiger partial charge in [-0.05, 0) is 37.5 Å². The summed E-state index contributed by atoms with van der Waals surface area (Å²) in [6.07, 6.45) is 0. The Labute approximate surface area is 100 Å². The number of aryl methyl sites for hydroxylation is 3. The molecule has 0 saturated carbocycles. The van der Waals surface area contributed by atoms with E-state index in [0.717, 1.165) is 11.1 Å². The Balaban J connectivity index is 2.69. The zero-order chi connectivity index (χ0) is 12.6. The molecule has 3 heteroatoms. The third kappa shape index (κ3) is 1.78. The molecule has 0 saturated heterocycles. The molecular formula is C14H14N2O. The first-order valence-electron chi connectivity index (χ1n) is 5.41. The highest BCUT2D eigenvalue weighted by atomic mass is 16.4. The number of nitrogens with two attached hydrogens (primary N) is 1. The minimum absolute atomic E-state index is 0.193. The van der Waals surface area contributed by atoms with Gasteiger partial charge in [-0.25, -0.2) is 0 Å². The number of furan rings is 1. The second-order valence-corrected chi connectivity index (χ2v) is 4.18. The fourth-order valence-corrected chi connectivity index (χ4v) is 1.92. The standard InChI is InChI=1S/C14H14N2O/c1-8-4-5-11(6-9(8)2)13-10(3)17-14(16)12(13)7-15/h4-6H,16H2,1-3H3. The summed E-state index contributed by atoms with van der Waals surface area (Å²) >= 11 is 0. The predicted molar refractivity (Wildman–Crippen MR) is 67.5 cm³/mol. The fourth-order valence-electron chi connectivity index (χ4n) is 1.92. The minimum Gasteiger partial charge on any atom is -0.444 e. The minimum atomic E-state index is 0.193. The van der Waals surface area contributed by atoms with Gasteiger partial charge in [-0.1, -0.05) is 18.2 Å². The molecule has 86 valence electrons. The third-order valence-electron chi connectivity index (χ3n) is 3.02. The molecular weight excluding hydrogens is 212 g/mol. The average Bonchev–Trinajstić information content (AvgIpc) is 2.57. The summed E-state index contributed by atoms with van der Waals surface area (Å²) in [5.74, 6) is 0.875. The van der Waals surface area contributed by atoms with Crippen molar-refractivity contribution in [3.8, 4) is 17.2 Å². The fraction of sp³-hybridized carbons (Fsp3) is 0.214. The van der Waals surface area contributed by atoms with Crippen molar-refractivity contribution in [2.45, 2.75) is 20.8 Å². The molecule has 2 rings (SSSR count). The topological polar surface area (TPSA) is 62.9 Å². The summed E-state index contributed by atoms with van der Waals surface area (Å²) in [6.45, 7) is 5.92. The number of benzene rings is 1. The van der Waals surface area contributed by atoms with Gasteiger partial charge < -0.3 is 10.2 Å². The van der Waals surface area contributed by atoms with Crippen LogP contribution in [0.15, 0.2) is 22.6 Å². The van der Waals surface area contributed by atoms with Gasteiger partial charge in [-0.15, -0.1) is 0 Å². The second-order valence-electron chi connectivity index (χ2n) is 4.18. The number of anilines is 1. The molecule has 0 spiro atoms. The highest BCUT2D eigenvalue weighted by Crippen LogP contribution is 2.34. The molecule has 0 fully saturated rings. The van der Waals surface area contributed by atoms with Crippen LogP contribution in [0.1, 0.15) is 22.5 Å². The third-order valence-corrected chi connectivity index (χ3v) is 3.02. The van der Waals surface area contributed by atoms with Gasteiger partial charge in [0.1, 0.15) is 17.4 Å². The first kappa shape index (κ1) is 11.3. The number of nitrogens with zero attached hydrogens (tertiary/aromatic N) is 1. The van der Waals surface area contributed by atoms with Crippen molar-refractivity contribution in [3.63, 3.8) is 0 Å². The Bertz CT molecular complexity index is 618. The lowest BCUT2D eigenvalue weighted by atomic mass is 9.98. The second kappa shape index (κ2) is 3.99. The molecule has 0 aliphatic carbocycles. The molecule has 17 heavy (non-hydrogen) atoms. The molecule has 0 atom stereocenters. The van der Waals surface area contributed by atoms with Crippen molar-refractivity contribution < 1.29 is 4.42 Å². The highest BCUT2D eigenvalue weighted by Gasteiger charge is 2.17. The SMILES string of the molecule is Cc1ccc(-c2c(C)oc(N)c2C#N)cc1C. The van der Waals surface area contributed by atoms with Crippen LogP contribution in [-0.2, 0) is 0 Å². The maximum atomic E-state index is 9.11. The van der Waals surface area contributed by atoms with E-state index in [0.29, 0.717) is 11.3 Å². The number of nitrogen functional groups attached to an aromatic ring is 1. The van der Waals surface area contributed by atoms with E-state index in [1.165, 1.54) is 11.1 Å². The lowest BCUT2D eigenvalue weighted by Gasteiger charge is -2.04. The van der Waals surface area contributed by atoms with Crippen LogP contribution < -0.4 is 5.73 Å². The molecule has 0 amide bonds. The molecule has 2 N–H and O–H groups in total. The van der Waals surface area contributed by atoms with Crippen LogP contribution in [0.5, 0.6) is 0 Å². The summed E-state index contributed by atoms with van der Waals surface area (Å²) in [6, 6.07) is 8.17. The smallest absolute Gasteiger partial charge is 0.209 e. The normalized spacial score (nSPS) is 10.2. The van der Waals surface area contributed by atoms with Gasteiger partial charge in [0.25, 0.3) is 0 Å². The zero-order valence-electron chi connectivity index (χ0n) is 10.2. The largest absolute Gasteiger partial charge is 0.444 e. The number of hydrogen-bond donors (Lipinski definition) is 1. The van der Waals surface area contributed by atoms with E-state index in [1.807, 2.05) is 32.0 Å². The molecule has 2 aromatic rings. The maximum absolute atomic E-state index is 9.11. The van der Waals surface area contributed by atoms with Crippen LogP contribution in [0.4, 0.5) is 5.88 Å². The van der Waals surface area contributed by atoms with Crippen LogP contribution in [0.25, 0.3) is 11.1 Å². The molecule has 0 aliphatic rings. The van der Waals surface area contributed by atoms with E-state index in [-0.39, 0.29) is 5.88 Å². The van der Waals surface area contributed by atoms with Crippen molar-refractivity contribution in [3.05, 3.63) is 40.6 Å². The van der Waals surface area contributed by atoms with Crippen LogP contribution in [-0.4, -0.2) is 0 Å². The summed E-state index contributed by atoms with van der Waals surface area (Å²) in [5.41, 5.74) is 10.3. The Hall–Kier alpha value is -2.21. The van der Waals surface area contributed by atoms with Gasteiger partial charge in [0.2, 0.25) is 5.88 Å². The van der Waals surface area contributed by atoms with E-state index < -0.39 is 0 Å². The van der Waals surface area contributed by atoms with Gasteiger partial charge in [-0.3, -0.25) is 0 Å². The van der Waals surface area contributed by atoms with Gasteiger partial charge in [0.15, 0.2) is 0 Å². The van der Waals surface area contributed by atoms with Crippen molar-refractivity contribution in [2.75, 3.05) is 5.73 Å². The summed E-state index contributed by atoms with van der Waals surface area (Å²) in [7, 11) is 0. The average molecular weight is 226 g/mol. The molecule has 0 radical (unpaired) electrons. The number of hydrogen-bond acceptors (Lipinski definition) is 3. The van der Waals surface area contributed by atoms with E-state index >= 15 is 0 Å². The monoisotopic (exact) mass is 226 g/mol. The van der Waals surface area contributed by atoms with Gasteiger partial charge in [0, 0.05) is 5.56 Å². The first-order chi connectivity index (χ1) is 8.04. The van der Waals surface area contributed by atoms with Crippen molar-refractivity contribution in [1.82, 2.24) is 0 Å². The summed E-state index contributed by atoms with van der Waals surface area (Å²) in [4.78, 5) is 0. The molecule has 0 unspecified atom stereocenters. The molecule has 1 aromatic heterocycles. The van der Waals surface area contributed by atoms with Gasteiger partial charge >= 0.3 is 0 Å². The van der Waals surface area contributed by atoms with E-state index in [1.54, 1.807) is 0 Å². The molecule has 0 aliphatic heterocycles. The maximum Gasteiger partial charge on any atom is 0.209 e. The summed E-state index contributed by atoms with van der Waals surface area (Å²) in [5, 5.41) is 9.11. The Kier molecular flexibility index (Phi) is 2.64. The first-order valence-corrected chi connectivity index (χ1v) is 5.41. The molecule has 0 bridgehead atoms. The van der Waals surface area contributed by atoms with E-state index in [9.17, 15) is 0 Å². The number of rotatable bonds is 1. The summed E-state index contributed by atoms with van der Waals surface area (Å²) < 4.78 is 5.32. The number of nitriles is 1.